The Balaban J connectivity index is 1.93. The topological polar surface area (TPSA) is 78.5 Å². The highest BCUT2D eigenvalue weighted by Crippen LogP contribution is 2.09. The van der Waals surface area contributed by atoms with Crippen LogP contribution in [0.3, 0.4) is 0 Å². The Morgan fingerprint density at radius 2 is 2.00 bits per heavy atom. The van der Waals surface area contributed by atoms with Crippen molar-refractivity contribution in [3.63, 3.8) is 0 Å². The van der Waals surface area contributed by atoms with E-state index in [0.717, 1.165) is 12.0 Å². The molecule has 6 nitrogen and oxygen atoms in total. The lowest BCUT2D eigenvalue weighted by molar-refractivity contribution is -0.123. The maximum Gasteiger partial charge on any atom is 0.254 e. The van der Waals surface area contributed by atoms with E-state index >= 15 is 0 Å². The van der Waals surface area contributed by atoms with Crippen molar-refractivity contribution >= 4 is 17.7 Å². The van der Waals surface area contributed by atoms with Gasteiger partial charge in [-0.05, 0) is 31.0 Å². The fourth-order valence-corrected chi connectivity index (χ4v) is 2.48. The largest absolute Gasteiger partial charge is 0.353 e. The second-order valence-electron chi connectivity index (χ2n) is 5.75. The molecule has 0 aromatic heterocycles. The molecule has 1 heterocycles. The first kappa shape index (κ1) is 17.7. The predicted molar refractivity (Wildman–Crippen MR) is 91.2 cm³/mol. The molecule has 0 spiro atoms. The smallest absolute Gasteiger partial charge is 0.254 e. The van der Waals surface area contributed by atoms with Crippen LogP contribution >= 0.6 is 0 Å². The first-order chi connectivity index (χ1) is 11.5. The van der Waals surface area contributed by atoms with Gasteiger partial charge in [0, 0.05) is 30.8 Å². The molecule has 1 aliphatic rings. The highest BCUT2D eigenvalue weighted by Gasteiger charge is 2.22. The van der Waals surface area contributed by atoms with Gasteiger partial charge in [0.15, 0.2) is 0 Å². The number of benzene rings is 1. The molecule has 2 N–H and O–H groups in total. The van der Waals surface area contributed by atoms with Crippen molar-refractivity contribution in [3.8, 4) is 0 Å². The summed E-state index contributed by atoms with van der Waals surface area (Å²) in [5.41, 5.74) is 2.16. The lowest BCUT2D eigenvalue weighted by atomic mass is 10.1. The molecule has 6 heteroatoms. The van der Waals surface area contributed by atoms with Crippen LogP contribution in [0.5, 0.6) is 0 Å². The molecular formula is C18H23N3O3. The number of rotatable bonds is 5. The van der Waals surface area contributed by atoms with Crippen LogP contribution in [-0.4, -0.2) is 42.3 Å². The van der Waals surface area contributed by atoms with Crippen molar-refractivity contribution in [2.24, 2.45) is 0 Å². The highest BCUT2D eigenvalue weighted by atomic mass is 16.2. The average molecular weight is 329 g/mol. The second-order valence-corrected chi connectivity index (χ2v) is 5.75. The van der Waals surface area contributed by atoms with E-state index in [1.165, 1.54) is 4.90 Å². The lowest BCUT2D eigenvalue weighted by Crippen LogP contribution is -2.49. The Kier molecular flexibility index (Phi) is 6.12. The molecule has 1 aliphatic heterocycles. The number of hydrogen-bond acceptors (Lipinski definition) is 3. The van der Waals surface area contributed by atoms with Gasteiger partial charge in [-0.1, -0.05) is 25.1 Å². The van der Waals surface area contributed by atoms with Gasteiger partial charge in [0.1, 0.15) is 0 Å². The zero-order valence-corrected chi connectivity index (χ0v) is 14.1. The third kappa shape index (κ3) is 4.68. The Morgan fingerprint density at radius 1 is 1.29 bits per heavy atom. The van der Waals surface area contributed by atoms with Gasteiger partial charge in [0.25, 0.3) is 5.91 Å². The molecule has 0 aliphatic carbocycles. The lowest BCUT2D eigenvalue weighted by Gasteiger charge is -2.26. The van der Waals surface area contributed by atoms with Crippen LogP contribution in [0.4, 0.5) is 0 Å². The van der Waals surface area contributed by atoms with E-state index in [2.05, 4.69) is 10.6 Å². The number of amides is 3. The van der Waals surface area contributed by atoms with Crippen LogP contribution in [0.25, 0.3) is 0 Å². The van der Waals surface area contributed by atoms with E-state index in [-0.39, 0.29) is 24.3 Å². The van der Waals surface area contributed by atoms with Gasteiger partial charge in [0.2, 0.25) is 11.8 Å². The Morgan fingerprint density at radius 3 is 2.62 bits per heavy atom. The van der Waals surface area contributed by atoms with Gasteiger partial charge < -0.3 is 15.5 Å². The summed E-state index contributed by atoms with van der Waals surface area (Å²) in [5.74, 6) is -0.372. The maximum atomic E-state index is 12.4. The van der Waals surface area contributed by atoms with Crippen LogP contribution in [0.2, 0.25) is 0 Å². The van der Waals surface area contributed by atoms with Crippen LogP contribution < -0.4 is 10.6 Å². The number of allylic oxidation sites excluding steroid dienone is 1. The van der Waals surface area contributed by atoms with Crippen LogP contribution in [0, 0.1) is 0 Å². The molecule has 1 aromatic carbocycles. The standard InChI is InChI=1S/C18H23N3O3/c1-3-4-13(2)17(23)20-11-14-5-7-15(8-6-14)18(24)21-10-9-19-16(22)12-21/h4-8H,3,9-12H2,1-2H3,(H,19,22)(H,20,23)/b13-4+. The van der Waals surface area contributed by atoms with Crippen molar-refractivity contribution in [1.82, 2.24) is 15.5 Å². The minimum atomic E-state index is -0.151. The molecule has 0 bridgehead atoms. The molecular weight excluding hydrogens is 306 g/mol. The molecule has 0 atom stereocenters. The van der Waals surface area contributed by atoms with Gasteiger partial charge >= 0.3 is 0 Å². The molecule has 1 aromatic rings. The molecule has 1 saturated heterocycles. The summed E-state index contributed by atoms with van der Waals surface area (Å²) in [6.07, 6.45) is 2.70. The van der Waals surface area contributed by atoms with Gasteiger partial charge in [-0.2, -0.15) is 0 Å². The monoisotopic (exact) mass is 329 g/mol. The molecule has 3 amide bonds. The van der Waals surface area contributed by atoms with E-state index in [1.807, 2.05) is 25.1 Å². The molecule has 128 valence electrons. The van der Waals surface area contributed by atoms with Gasteiger partial charge in [0.05, 0.1) is 6.54 Å². The van der Waals surface area contributed by atoms with Crippen molar-refractivity contribution in [3.05, 3.63) is 47.0 Å². The molecule has 1 fully saturated rings. The summed E-state index contributed by atoms with van der Waals surface area (Å²) >= 11 is 0. The third-order valence-corrected chi connectivity index (χ3v) is 3.85. The Labute approximate surface area is 141 Å². The SMILES string of the molecule is CC/C=C(\C)C(=O)NCc1ccc(C(=O)N2CCNC(=O)C2)cc1. The van der Waals surface area contributed by atoms with E-state index in [4.69, 9.17) is 0 Å². The van der Waals surface area contributed by atoms with Crippen molar-refractivity contribution in [2.75, 3.05) is 19.6 Å². The molecule has 24 heavy (non-hydrogen) atoms. The summed E-state index contributed by atoms with van der Waals surface area (Å²) in [7, 11) is 0. The molecule has 0 radical (unpaired) electrons. The maximum absolute atomic E-state index is 12.4. The number of carbonyl (C=O) groups excluding carboxylic acids is 3. The summed E-state index contributed by atoms with van der Waals surface area (Å²) in [5, 5.41) is 5.54. The Bertz CT molecular complexity index is 650. The average Bonchev–Trinajstić information content (AvgIpc) is 2.59. The highest BCUT2D eigenvalue weighted by molar-refractivity contribution is 5.97. The number of hydrogen-bond donors (Lipinski definition) is 2. The molecule has 0 unspecified atom stereocenters. The second kappa shape index (κ2) is 8.29. The normalized spacial score (nSPS) is 15.0. The molecule has 2 rings (SSSR count). The van der Waals surface area contributed by atoms with E-state index in [9.17, 15) is 14.4 Å². The van der Waals surface area contributed by atoms with E-state index < -0.39 is 0 Å². The number of piperazine rings is 1. The summed E-state index contributed by atoms with van der Waals surface area (Å²) < 4.78 is 0. The van der Waals surface area contributed by atoms with Crippen LogP contribution in [0.1, 0.15) is 36.2 Å². The van der Waals surface area contributed by atoms with E-state index in [0.29, 0.717) is 30.8 Å². The third-order valence-electron chi connectivity index (χ3n) is 3.85. The summed E-state index contributed by atoms with van der Waals surface area (Å²) in [4.78, 5) is 37.1. The van der Waals surface area contributed by atoms with E-state index in [1.54, 1.807) is 19.1 Å². The molecule has 0 saturated carbocycles. The van der Waals surface area contributed by atoms with Crippen LogP contribution in [-0.2, 0) is 16.1 Å². The minimum absolute atomic E-state index is 0.0867. The number of carbonyl (C=O) groups is 3. The first-order valence-corrected chi connectivity index (χ1v) is 8.11. The summed E-state index contributed by atoms with van der Waals surface area (Å²) in [6, 6.07) is 7.09. The van der Waals surface area contributed by atoms with Gasteiger partial charge in [-0.15, -0.1) is 0 Å². The number of nitrogens with one attached hydrogen (secondary N) is 2. The Hall–Kier alpha value is -2.63. The van der Waals surface area contributed by atoms with Crippen molar-refractivity contribution in [1.29, 1.82) is 0 Å². The fraction of sp³-hybridized carbons (Fsp3) is 0.389. The fourth-order valence-electron chi connectivity index (χ4n) is 2.48. The predicted octanol–water partition coefficient (Wildman–Crippen LogP) is 1.23. The summed E-state index contributed by atoms with van der Waals surface area (Å²) in [6.45, 7) is 5.28. The quantitative estimate of drug-likeness (QED) is 0.798. The van der Waals surface area contributed by atoms with Gasteiger partial charge in [-0.3, -0.25) is 14.4 Å². The van der Waals surface area contributed by atoms with Crippen molar-refractivity contribution < 1.29 is 14.4 Å². The van der Waals surface area contributed by atoms with Crippen molar-refractivity contribution in [2.45, 2.75) is 26.8 Å². The first-order valence-electron chi connectivity index (χ1n) is 8.11. The number of nitrogens with zero attached hydrogens (tertiary/aromatic N) is 1. The van der Waals surface area contributed by atoms with Gasteiger partial charge in [-0.25, -0.2) is 0 Å². The zero-order chi connectivity index (χ0) is 17.5. The minimum Gasteiger partial charge on any atom is -0.353 e. The van der Waals surface area contributed by atoms with Crippen LogP contribution in [0.15, 0.2) is 35.9 Å². The zero-order valence-electron chi connectivity index (χ0n) is 14.1.